The number of anilines is 1. The second-order valence-corrected chi connectivity index (χ2v) is 6.85. The maximum absolute atomic E-state index is 14.2. The zero-order valence-corrected chi connectivity index (χ0v) is 13.5. The highest BCUT2D eigenvalue weighted by atomic mass is 35.5. The van der Waals surface area contributed by atoms with Gasteiger partial charge in [0.05, 0.1) is 16.3 Å². The number of nitrogens with zero attached hydrogens (tertiary/aromatic N) is 1. The summed E-state index contributed by atoms with van der Waals surface area (Å²) in [6.07, 6.45) is 0.658. The minimum absolute atomic E-state index is 0.0583. The molecule has 0 saturated heterocycles. The number of hydrogen-bond acceptors (Lipinski definition) is 3. The second kappa shape index (κ2) is 5.68. The van der Waals surface area contributed by atoms with Crippen molar-refractivity contribution in [2.75, 3.05) is 5.73 Å². The van der Waals surface area contributed by atoms with Crippen molar-refractivity contribution in [3.8, 4) is 11.1 Å². The summed E-state index contributed by atoms with van der Waals surface area (Å²) in [6.45, 7) is 8.59. The van der Waals surface area contributed by atoms with Crippen LogP contribution in [0.5, 0.6) is 0 Å². The Morgan fingerprint density at radius 3 is 2.67 bits per heavy atom. The highest BCUT2D eigenvalue weighted by molar-refractivity contribution is 6.31. The quantitative estimate of drug-likeness (QED) is 0.873. The molecule has 2 N–H and O–H groups in total. The number of aromatic nitrogens is 1. The lowest BCUT2D eigenvalue weighted by Crippen LogP contribution is -2.19. The van der Waals surface area contributed by atoms with Gasteiger partial charge >= 0.3 is 0 Å². The van der Waals surface area contributed by atoms with Gasteiger partial charge in [-0.25, -0.2) is 4.39 Å². The van der Waals surface area contributed by atoms with Gasteiger partial charge in [-0.2, -0.15) is 0 Å². The van der Waals surface area contributed by atoms with Crippen LogP contribution in [0.2, 0.25) is 5.02 Å². The Morgan fingerprint density at radius 1 is 1.38 bits per heavy atom. The summed E-state index contributed by atoms with van der Waals surface area (Å²) < 4.78 is 19.3. The van der Waals surface area contributed by atoms with Gasteiger partial charge in [-0.1, -0.05) is 56.6 Å². The molecule has 21 heavy (non-hydrogen) atoms. The predicted octanol–water partition coefficient (Wildman–Crippen LogP) is 4.94. The van der Waals surface area contributed by atoms with Gasteiger partial charge < -0.3 is 10.3 Å². The first-order valence-electron chi connectivity index (χ1n) is 6.90. The van der Waals surface area contributed by atoms with Crippen LogP contribution in [0.1, 0.15) is 33.4 Å². The number of benzene rings is 1. The van der Waals surface area contributed by atoms with Gasteiger partial charge in [0.15, 0.2) is 0 Å². The highest BCUT2D eigenvalue weighted by Crippen LogP contribution is 2.37. The van der Waals surface area contributed by atoms with Gasteiger partial charge in [-0.3, -0.25) is 0 Å². The zero-order valence-electron chi connectivity index (χ0n) is 12.7. The fraction of sp³-hybridized carbons (Fsp3) is 0.438. The van der Waals surface area contributed by atoms with Crippen LogP contribution in [0.3, 0.4) is 0 Å². The monoisotopic (exact) mass is 310 g/mol. The van der Waals surface area contributed by atoms with Crippen molar-refractivity contribution in [2.45, 2.75) is 34.1 Å². The summed E-state index contributed by atoms with van der Waals surface area (Å²) in [6, 6.07) is 4.82. The van der Waals surface area contributed by atoms with E-state index in [0.717, 1.165) is 0 Å². The average molecular weight is 311 g/mol. The van der Waals surface area contributed by atoms with E-state index in [1.165, 1.54) is 6.07 Å². The van der Waals surface area contributed by atoms with Crippen LogP contribution in [0.4, 0.5) is 10.3 Å². The summed E-state index contributed by atoms with van der Waals surface area (Å²) in [5.41, 5.74) is 7.45. The predicted molar refractivity (Wildman–Crippen MR) is 83.6 cm³/mol. The average Bonchev–Trinajstić information content (AvgIpc) is 2.73. The van der Waals surface area contributed by atoms with E-state index in [4.69, 9.17) is 21.9 Å². The van der Waals surface area contributed by atoms with Crippen molar-refractivity contribution < 1.29 is 8.91 Å². The maximum atomic E-state index is 14.2. The molecule has 0 radical (unpaired) electrons. The number of hydrogen-bond donors (Lipinski definition) is 1. The Kier molecular flexibility index (Phi) is 4.28. The van der Waals surface area contributed by atoms with Crippen LogP contribution in [-0.2, 0) is 6.42 Å². The lowest BCUT2D eigenvalue weighted by Gasteiger charge is -2.26. The van der Waals surface area contributed by atoms with Gasteiger partial charge in [-0.05, 0) is 23.8 Å². The molecule has 0 amide bonds. The summed E-state index contributed by atoms with van der Waals surface area (Å²) >= 11 is 5.85. The number of rotatable bonds is 3. The van der Waals surface area contributed by atoms with E-state index in [0.29, 0.717) is 29.2 Å². The van der Waals surface area contributed by atoms with E-state index in [9.17, 15) is 4.39 Å². The zero-order chi connectivity index (χ0) is 15.8. The molecule has 114 valence electrons. The van der Waals surface area contributed by atoms with Crippen molar-refractivity contribution in [1.82, 2.24) is 5.16 Å². The normalized spacial score (nSPS) is 13.4. The van der Waals surface area contributed by atoms with E-state index < -0.39 is 5.82 Å². The van der Waals surface area contributed by atoms with Crippen molar-refractivity contribution in [2.24, 2.45) is 11.3 Å². The molecule has 1 atom stereocenters. The molecule has 0 aliphatic rings. The third-order valence-electron chi connectivity index (χ3n) is 3.99. The van der Waals surface area contributed by atoms with Crippen LogP contribution >= 0.6 is 11.6 Å². The van der Waals surface area contributed by atoms with Crippen molar-refractivity contribution in [3.63, 3.8) is 0 Å². The highest BCUT2D eigenvalue weighted by Gasteiger charge is 2.26. The first kappa shape index (κ1) is 15.8. The van der Waals surface area contributed by atoms with E-state index in [2.05, 4.69) is 32.9 Å². The van der Waals surface area contributed by atoms with Crippen LogP contribution in [0, 0.1) is 17.2 Å². The summed E-state index contributed by atoms with van der Waals surface area (Å²) in [5, 5.41) is 4.06. The lowest BCUT2D eigenvalue weighted by atomic mass is 9.79. The molecule has 0 bridgehead atoms. The molecule has 1 aromatic carbocycles. The molecule has 0 aliphatic heterocycles. The van der Waals surface area contributed by atoms with E-state index in [1.54, 1.807) is 12.1 Å². The van der Waals surface area contributed by atoms with E-state index in [1.807, 2.05) is 0 Å². The third kappa shape index (κ3) is 3.21. The van der Waals surface area contributed by atoms with Gasteiger partial charge in [0.2, 0.25) is 5.88 Å². The molecule has 1 unspecified atom stereocenters. The Balaban J connectivity index is 2.46. The standard InChI is InChI=1S/C16H20ClFN2O/c1-9(16(2,3)4)8-12-13(15(19)21-20-12)10-6-5-7-11(17)14(10)18/h5-7,9H,8,19H2,1-4H3. The lowest BCUT2D eigenvalue weighted by molar-refractivity contribution is 0.255. The van der Waals surface area contributed by atoms with Gasteiger partial charge in [0.1, 0.15) is 5.82 Å². The Hall–Kier alpha value is -1.55. The first-order chi connectivity index (χ1) is 9.71. The first-order valence-corrected chi connectivity index (χ1v) is 7.28. The van der Waals surface area contributed by atoms with Crippen molar-refractivity contribution in [3.05, 3.63) is 34.7 Å². The van der Waals surface area contributed by atoms with Crippen LogP contribution in [0.25, 0.3) is 11.1 Å². The molecule has 0 fully saturated rings. The minimum atomic E-state index is -0.501. The third-order valence-corrected chi connectivity index (χ3v) is 4.28. The van der Waals surface area contributed by atoms with Crippen molar-refractivity contribution in [1.29, 1.82) is 0 Å². The molecule has 3 nitrogen and oxygen atoms in total. The largest absolute Gasteiger partial charge is 0.367 e. The van der Waals surface area contributed by atoms with Crippen LogP contribution in [0.15, 0.2) is 22.7 Å². The molecule has 1 aromatic heterocycles. The summed E-state index contributed by atoms with van der Waals surface area (Å²) in [7, 11) is 0. The Bertz CT molecular complexity index is 646. The van der Waals surface area contributed by atoms with Crippen LogP contribution in [-0.4, -0.2) is 5.16 Å². The smallest absolute Gasteiger partial charge is 0.230 e. The molecule has 0 aliphatic carbocycles. The maximum Gasteiger partial charge on any atom is 0.230 e. The van der Waals surface area contributed by atoms with Gasteiger partial charge in [0, 0.05) is 5.56 Å². The van der Waals surface area contributed by atoms with E-state index >= 15 is 0 Å². The topological polar surface area (TPSA) is 52.0 Å². The summed E-state index contributed by atoms with van der Waals surface area (Å²) in [5.74, 6) is -0.0472. The minimum Gasteiger partial charge on any atom is -0.367 e. The van der Waals surface area contributed by atoms with Gasteiger partial charge in [-0.15, -0.1) is 0 Å². The van der Waals surface area contributed by atoms with E-state index in [-0.39, 0.29) is 16.3 Å². The van der Waals surface area contributed by atoms with Crippen molar-refractivity contribution >= 4 is 17.5 Å². The summed E-state index contributed by atoms with van der Waals surface area (Å²) in [4.78, 5) is 0. The van der Waals surface area contributed by atoms with Gasteiger partial charge in [0.25, 0.3) is 0 Å². The molecule has 2 aromatic rings. The molecule has 0 spiro atoms. The molecule has 5 heteroatoms. The fourth-order valence-electron chi connectivity index (χ4n) is 2.06. The van der Waals surface area contributed by atoms with Crippen LogP contribution < -0.4 is 5.73 Å². The molecule has 0 saturated carbocycles. The molecule has 2 rings (SSSR count). The number of halogens is 2. The Labute approximate surface area is 129 Å². The Morgan fingerprint density at radius 2 is 2.05 bits per heavy atom. The SMILES string of the molecule is CC(Cc1noc(N)c1-c1cccc(Cl)c1F)C(C)(C)C. The second-order valence-electron chi connectivity index (χ2n) is 6.44. The fourth-order valence-corrected chi connectivity index (χ4v) is 2.23. The molecular weight excluding hydrogens is 291 g/mol. The number of nitrogen functional groups attached to an aromatic ring is 1. The molecular formula is C16H20ClFN2O. The molecule has 1 heterocycles. The number of nitrogens with two attached hydrogens (primary N) is 1.